The molecular formula is C8H5I2N. The summed E-state index contributed by atoms with van der Waals surface area (Å²) in [6, 6.07) is 6.44. The predicted molar refractivity (Wildman–Crippen MR) is 62.8 cm³/mol. The van der Waals surface area contributed by atoms with Gasteiger partial charge in [0.15, 0.2) is 0 Å². The minimum Gasteiger partial charge on any atom is -0.323 e. The molecule has 11 heavy (non-hydrogen) atoms. The molecular weight excluding hydrogens is 364 g/mol. The van der Waals surface area contributed by atoms with Gasteiger partial charge in [-0.1, -0.05) is 0 Å². The zero-order valence-electron chi connectivity index (χ0n) is 5.59. The Morgan fingerprint density at radius 1 is 1.09 bits per heavy atom. The maximum atomic E-state index is 2.32. The van der Waals surface area contributed by atoms with E-state index in [9.17, 15) is 0 Å². The fraction of sp³-hybridized carbons (Fsp3) is 0. The lowest BCUT2D eigenvalue weighted by Crippen LogP contribution is -1.80. The molecule has 0 radical (unpaired) electrons. The number of halogens is 2. The lowest BCUT2D eigenvalue weighted by atomic mass is 10.4. The summed E-state index contributed by atoms with van der Waals surface area (Å²) in [5.41, 5.74) is 1.27. The SMILES string of the molecule is Ic1ccn2cc(I)cc2c1. The first-order valence-electron chi connectivity index (χ1n) is 3.18. The van der Waals surface area contributed by atoms with Crippen molar-refractivity contribution in [1.29, 1.82) is 0 Å². The van der Waals surface area contributed by atoms with Crippen molar-refractivity contribution in [1.82, 2.24) is 4.40 Å². The summed E-state index contributed by atoms with van der Waals surface area (Å²) in [6.07, 6.45) is 4.20. The van der Waals surface area contributed by atoms with E-state index < -0.39 is 0 Å². The monoisotopic (exact) mass is 369 g/mol. The molecule has 0 saturated heterocycles. The van der Waals surface area contributed by atoms with E-state index >= 15 is 0 Å². The maximum absolute atomic E-state index is 2.32. The highest BCUT2D eigenvalue weighted by Crippen LogP contribution is 2.14. The van der Waals surface area contributed by atoms with Crippen molar-refractivity contribution in [2.75, 3.05) is 0 Å². The molecule has 56 valence electrons. The maximum Gasteiger partial charge on any atom is 0.0471 e. The zero-order valence-corrected chi connectivity index (χ0v) is 9.90. The molecule has 3 heteroatoms. The van der Waals surface area contributed by atoms with Crippen molar-refractivity contribution in [2.24, 2.45) is 0 Å². The first-order chi connectivity index (χ1) is 5.25. The average molecular weight is 369 g/mol. The van der Waals surface area contributed by atoms with Crippen LogP contribution in [-0.4, -0.2) is 4.40 Å². The number of fused-ring (bicyclic) bond motifs is 1. The minimum absolute atomic E-state index is 1.27. The van der Waals surface area contributed by atoms with Gasteiger partial charge in [-0.15, -0.1) is 0 Å². The normalized spacial score (nSPS) is 10.7. The molecule has 2 aromatic heterocycles. The van der Waals surface area contributed by atoms with Gasteiger partial charge in [-0.05, 0) is 63.4 Å². The second-order valence-electron chi connectivity index (χ2n) is 2.34. The van der Waals surface area contributed by atoms with Gasteiger partial charge in [-0.2, -0.15) is 0 Å². The van der Waals surface area contributed by atoms with Crippen molar-refractivity contribution < 1.29 is 0 Å². The van der Waals surface area contributed by atoms with Gasteiger partial charge >= 0.3 is 0 Å². The summed E-state index contributed by atoms with van der Waals surface area (Å²) in [5.74, 6) is 0. The second kappa shape index (κ2) is 2.93. The third-order valence-corrected chi connectivity index (χ3v) is 2.79. The van der Waals surface area contributed by atoms with Gasteiger partial charge in [0, 0.05) is 25.1 Å². The Morgan fingerprint density at radius 2 is 1.82 bits per heavy atom. The Kier molecular flexibility index (Phi) is 2.09. The summed E-state index contributed by atoms with van der Waals surface area (Å²) in [5, 5.41) is 0. The number of pyridine rings is 1. The Balaban J connectivity index is 2.82. The first kappa shape index (κ1) is 7.85. The van der Waals surface area contributed by atoms with Gasteiger partial charge in [-0.3, -0.25) is 0 Å². The van der Waals surface area contributed by atoms with E-state index in [-0.39, 0.29) is 0 Å². The van der Waals surface area contributed by atoms with Crippen LogP contribution in [0.2, 0.25) is 0 Å². The van der Waals surface area contributed by atoms with Crippen molar-refractivity contribution in [3.63, 3.8) is 0 Å². The molecule has 0 amide bonds. The molecule has 0 unspecified atom stereocenters. The molecule has 0 aliphatic carbocycles. The minimum atomic E-state index is 1.27. The van der Waals surface area contributed by atoms with Crippen LogP contribution < -0.4 is 0 Å². The molecule has 0 bridgehead atoms. The third-order valence-electron chi connectivity index (χ3n) is 1.53. The van der Waals surface area contributed by atoms with Crippen LogP contribution >= 0.6 is 45.2 Å². The third kappa shape index (κ3) is 1.53. The van der Waals surface area contributed by atoms with Crippen LogP contribution in [0.15, 0.2) is 30.6 Å². The van der Waals surface area contributed by atoms with Crippen LogP contribution in [0.25, 0.3) is 5.52 Å². The summed E-state index contributed by atoms with van der Waals surface area (Å²) in [7, 11) is 0. The number of hydrogen-bond donors (Lipinski definition) is 0. The van der Waals surface area contributed by atoms with E-state index in [0.717, 1.165) is 0 Å². The van der Waals surface area contributed by atoms with Crippen LogP contribution in [0.1, 0.15) is 0 Å². The molecule has 2 heterocycles. The molecule has 1 nitrogen and oxygen atoms in total. The standard InChI is InChI=1S/C8H5I2N/c9-6-1-2-11-5-7(10)4-8(11)3-6/h1-5H. The highest BCUT2D eigenvalue weighted by atomic mass is 127. The van der Waals surface area contributed by atoms with Gasteiger partial charge in [0.05, 0.1) is 0 Å². The summed E-state index contributed by atoms with van der Waals surface area (Å²) >= 11 is 4.64. The van der Waals surface area contributed by atoms with Crippen LogP contribution in [0.4, 0.5) is 0 Å². The first-order valence-corrected chi connectivity index (χ1v) is 5.34. The number of hydrogen-bond acceptors (Lipinski definition) is 0. The zero-order chi connectivity index (χ0) is 7.84. The molecule has 2 rings (SSSR count). The van der Waals surface area contributed by atoms with Crippen molar-refractivity contribution >= 4 is 50.7 Å². The fourth-order valence-corrected chi connectivity index (χ4v) is 2.15. The van der Waals surface area contributed by atoms with E-state index in [0.29, 0.717) is 0 Å². The fourth-order valence-electron chi connectivity index (χ4n) is 1.05. The summed E-state index contributed by atoms with van der Waals surface area (Å²) < 4.78 is 4.69. The van der Waals surface area contributed by atoms with Crippen LogP contribution in [0.5, 0.6) is 0 Å². The molecule has 0 aliphatic rings. The van der Waals surface area contributed by atoms with Crippen LogP contribution in [0.3, 0.4) is 0 Å². The van der Waals surface area contributed by atoms with Crippen molar-refractivity contribution in [3.8, 4) is 0 Å². The van der Waals surface area contributed by atoms with Gasteiger partial charge < -0.3 is 4.40 Å². The van der Waals surface area contributed by atoms with Crippen LogP contribution in [-0.2, 0) is 0 Å². The molecule has 0 aromatic carbocycles. The summed E-state index contributed by atoms with van der Waals surface area (Å²) in [6.45, 7) is 0. The van der Waals surface area contributed by atoms with Gasteiger partial charge in [0.2, 0.25) is 0 Å². The predicted octanol–water partition coefficient (Wildman–Crippen LogP) is 3.15. The molecule has 0 N–H and O–H groups in total. The van der Waals surface area contributed by atoms with Crippen molar-refractivity contribution in [3.05, 3.63) is 37.7 Å². The van der Waals surface area contributed by atoms with Gasteiger partial charge in [-0.25, -0.2) is 0 Å². The molecule has 0 atom stereocenters. The lowest BCUT2D eigenvalue weighted by molar-refractivity contribution is 1.19. The number of nitrogens with zero attached hydrogens (tertiary/aromatic N) is 1. The number of rotatable bonds is 0. The van der Waals surface area contributed by atoms with Crippen LogP contribution in [0, 0.1) is 7.14 Å². The number of aromatic nitrogens is 1. The topological polar surface area (TPSA) is 4.41 Å². The van der Waals surface area contributed by atoms with E-state index in [1.165, 1.54) is 12.7 Å². The smallest absolute Gasteiger partial charge is 0.0471 e. The second-order valence-corrected chi connectivity index (χ2v) is 4.83. The molecule has 0 fully saturated rings. The average Bonchev–Trinajstić information content (AvgIpc) is 2.27. The van der Waals surface area contributed by atoms with E-state index in [1.54, 1.807) is 0 Å². The Labute approximate surface area is 92.1 Å². The van der Waals surface area contributed by atoms with Crippen molar-refractivity contribution in [2.45, 2.75) is 0 Å². The molecule has 2 aromatic rings. The summed E-state index contributed by atoms with van der Waals surface area (Å²) in [4.78, 5) is 0. The Morgan fingerprint density at radius 3 is 2.64 bits per heavy atom. The Hall–Kier alpha value is 0.220. The quantitative estimate of drug-likeness (QED) is 0.629. The Bertz CT molecular complexity index is 392. The van der Waals surface area contributed by atoms with Gasteiger partial charge in [0.1, 0.15) is 0 Å². The molecule has 0 saturated carbocycles. The molecule has 0 aliphatic heterocycles. The van der Waals surface area contributed by atoms with Gasteiger partial charge in [0.25, 0.3) is 0 Å². The highest BCUT2D eigenvalue weighted by Gasteiger charge is 1.95. The van der Waals surface area contributed by atoms with E-state index in [1.807, 2.05) is 0 Å². The molecule has 0 spiro atoms. The van der Waals surface area contributed by atoms with E-state index in [4.69, 9.17) is 0 Å². The lowest BCUT2D eigenvalue weighted by Gasteiger charge is -1.92. The largest absolute Gasteiger partial charge is 0.323 e. The van der Waals surface area contributed by atoms with E-state index in [2.05, 4.69) is 80.2 Å². The highest BCUT2D eigenvalue weighted by molar-refractivity contribution is 14.1.